The molecule has 0 saturated carbocycles. The summed E-state index contributed by atoms with van der Waals surface area (Å²) in [5.41, 5.74) is 2.17. The Hall–Kier alpha value is -0.790. The van der Waals surface area contributed by atoms with Crippen molar-refractivity contribution < 1.29 is 4.52 Å². The van der Waals surface area contributed by atoms with Gasteiger partial charge in [0.05, 0.1) is 5.69 Å². The Bertz CT molecular complexity index is 440. The molecule has 0 amide bonds. The van der Waals surface area contributed by atoms with E-state index in [9.17, 15) is 0 Å². The van der Waals surface area contributed by atoms with Crippen molar-refractivity contribution in [1.29, 1.82) is 0 Å². The summed E-state index contributed by atoms with van der Waals surface area (Å²) < 4.78 is 5.18. The van der Waals surface area contributed by atoms with Gasteiger partial charge in [-0.25, -0.2) is 0 Å². The number of aryl methyl sites for hydroxylation is 2. The van der Waals surface area contributed by atoms with Crippen molar-refractivity contribution in [2.45, 2.75) is 72.3 Å². The number of nitrogens with zero attached hydrogens (tertiary/aromatic N) is 2. The summed E-state index contributed by atoms with van der Waals surface area (Å²) in [4.78, 5) is 4.29. The van der Waals surface area contributed by atoms with Gasteiger partial charge in [-0.05, 0) is 33.6 Å². The van der Waals surface area contributed by atoms with Gasteiger partial charge in [0, 0.05) is 25.2 Å². The van der Waals surface area contributed by atoms with Crippen LogP contribution in [0.2, 0.25) is 0 Å². The second-order valence-corrected chi connectivity index (χ2v) is 5.95. The lowest BCUT2D eigenvalue weighted by Crippen LogP contribution is -2.42. The molecule has 0 spiro atoms. The van der Waals surface area contributed by atoms with E-state index in [2.05, 4.69) is 34.6 Å². The van der Waals surface area contributed by atoms with Crippen molar-refractivity contribution in [3.63, 3.8) is 0 Å². The first-order chi connectivity index (χ1) is 10.6. The minimum atomic E-state index is 0. The molecular weight excluding hydrogens is 403 g/mol. The molecule has 1 aromatic heterocycles. The Morgan fingerprint density at radius 3 is 2.57 bits per heavy atom. The van der Waals surface area contributed by atoms with Gasteiger partial charge in [-0.1, -0.05) is 37.8 Å². The maximum Gasteiger partial charge on any atom is 0.191 e. The largest absolute Gasteiger partial charge is 0.361 e. The van der Waals surface area contributed by atoms with E-state index in [1.807, 2.05) is 20.9 Å². The van der Waals surface area contributed by atoms with Crippen LogP contribution in [0.1, 0.15) is 63.0 Å². The Kier molecular flexibility index (Phi) is 12.2. The van der Waals surface area contributed by atoms with Gasteiger partial charge in [0.25, 0.3) is 0 Å². The zero-order chi connectivity index (χ0) is 16.4. The summed E-state index contributed by atoms with van der Waals surface area (Å²) >= 11 is 0. The maximum absolute atomic E-state index is 5.18. The average molecular weight is 436 g/mol. The molecule has 0 radical (unpaired) electrons. The van der Waals surface area contributed by atoms with E-state index in [0.29, 0.717) is 6.04 Å². The Balaban J connectivity index is 0.00000484. The molecule has 23 heavy (non-hydrogen) atoms. The Labute approximate surface area is 158 Å². The normalized spacial score (nSPS) is 12.7. The van der Waals surface area contributed by atoms with E-state index >= 15 is 0 Å². The lowest BCUT2D eigenvalue weighted by Gasteiger charge is -2.17. The van der Waals surface area contributed by atoms with E-state index in [1.165, 1.54) is 37.7 Å². The standard InChI is InChI=1S/C17H32N4O.HI/c1-6-7-8-9-10-13(2)20-17(18-5)19-12-11-16-14(3)21-22-15(16)4;/h13H,6-12H2,1-5H3,(H2,18,19,20);1H. The summed E-state index contributed by atoms with van der Waals surface area (Å²) in [6, 6.07) is 0.446. The number of aromatic nitrogens is 1. The SMILES string of the molecule is CCCCCCC(C)NC(=NC)NCCc1c(C)noc1C.I. The van der Waals surface area contributed by atoms with Gasteiger partial charge >= 0.3 is 0 Å². The van der Waals surface area contributed by atoms with Crippen molar-refractivity contribution >= 4 is 29.9 Å². The third kappa shape index (κ3) is 8.58. The minimum Gasteiger partial charge on any atom is -0.361 e. The molecule has 0 aliphatic rings. The van der Waals surface area contributed by atoms with Crippen molar-refractivity contribution in [3.8, 4) is 0 Å². The van der Waals surface area contributed by atoms with E-state index in [1.54, 1.807) is 0 Å². The summed E-state index contributed by atoms with van der Waals surface area (Å²) in [6.45, 7) is 9.22. The van der Waals surface area contributed by atoms with Crippen LogP contribution < -0.4 is 10.6 Å². The average Bonchev–Trinajstić information content (AvgIpc) is 2.82. The third-order valence-corrected chi connectivity index (χ3v) is 3.95. The lowest BCUT2D eigenvalue weighted by molar-refractivity contribution is 0.392. The zero-order valence-electron chi connectivity index (χ0n) is 15.2. The number of nitrogens with one attached hydrogen (secondary N) is 2. The predicted molar refractivity (Wildman–Crippen MR) is 108 cm³/mol. The number of hydrogen-bond donors (Lipinski definition) is 2. The van der Waals surface area contributed by atoms with Gasteiger partial charge in [0.1, 0.15) is 5.76 Å². The smallest absolute Gasteiger partial charge is 0.191 e. The van der Waals surface area contributed by atoms with Crippen LogP contribution in [0.15, 0.2) is 9.52 Å². The second kappa shape index (κ2) is 12.6. The molecule has 6 heteroatoms. The van der Waals surface area contributed by atoms with Crippen LogP contribution in [0, 0.1) is 13.8 Å². The van der Waals surface area contributed by atoms with Crippen LogP contribution >= 0.6 is 24.0 Å². The fourth-order valence-electron chi connectivity index (χ4n) is 2.54. The molecule has 1 rings (SSSR count). The summed E-state index contributed by atoms with van der Waals surface area (Å²) in [6.07, 6.45) is 7.29. The highest BCUT2D eigenvalue weighted by atomic mass is 127. The molecule has 0 fully saturated rings. The molecule has 0 aliphatic heterocycles. The number of hydrogen-bond acceptors (Lipinski definition) is 3. The summed E-state index contributed by atoms with van der Waals surface area (Å²) in [5, 5.41) is 10.8. The molecule has 0 bridgehead atoms. The van der Waals surface area contributed by atoms with Gasteiger partial charge in [-0.3, -0.25) is 4.99 Å². The molecule has 1 unspecified atom stereocenters. The summed E-state index contributed by atoms with van der Waals surface area (Å²) in [5.74, 6) is 1.78. The molecule has 1 aromatic rings. The number of rotatable bonds is 9. The van der Waals surface area contributed by atoms with Crippen molar-refractivity contribution in [2.75, 3.05) is 13.6 Å². The molecule has 2 N–H and O–H groups in total. The van der Waals surface area contributed by atoms with Gasteiger partial charge in [0.15, 0.2) is 5.96 Å². The molecule has 134 valence electrons. The molecular formula is C17H33IN4O. The van der Waals surface area contributed by atoms with Crippen LogP contribution in [0.4, 0.5) is 0 Å². The molecule has 1 heterocycles. The van der Waals surface area contributed by atoms with Gasteiger partial charge < -0.3 is 15.2 Å². The molecule has 0 saturated heterocycles. The highest BCUT2D eigenvalue weighted by Crippen LogP contribution is 2.12. The van der Waals surface area contributed by atoms with E-state index in [4.69, 9.17) is 4.52 Å². The van der Waals surface area contributed by atoms with Gasteiger partial charge in [-0.15, -0.1) is 24.0 Å². The van der Waals surface area contributed by atoms with Crippen LogP contribution in [0.25, 0.3) is 0 Å². The quantitative estimate of drug-likeness (QED) is 0.266. The van der Waals surface area contributed by atoms with Crippen molar-refractivity contribution in [2.24, 2.45) is 4.99 Å². The monoisotopic (exact) mass is 436 g/mol. The number of unbranched alkanes of at least 4 members (excludes halogenated alkanes) is 3. The highest BCUT2D eigenvalue weighted by Gasteiger charge is 2.09. The van der Waals surface area contributed by atoms with E-state index < -0.39 is 0 Å². The van der Waals surface area contributed by atoms with Crippen LogP contribution in [0.3, 0.4) is 0 Å². The lowest BCUT2D eigenvalue weighted by atomic mass is 10.1. The van der Waals surface area contributed by atoms with Gasteiger partial charge in [-0.2, -0.15) is 0 Å². The topological polar surface area (TPSA) is 62.5 Å². The first kappa shape index (κ1) is 22.2. The molecule has 0 aliphatic carbocycles. The number of halogens is 1. The first-order valence-corrected chi connectivity index (χ1v) is 8.47. The molecule has 1 atom stereocenters. The third-order valence-electron chi connectivity index (χ3n) is 3.95. The first-order valence-electron chi connectivity index (χ1n) is 8.47. The van der Waals surface area contributed by atoms with Crippen molar-refractivity contribution in [3.05, 3.63) is 17.0 Å². The second-order valence-electron chi connectivity index (χ2n) is 5.95. The number of guanidine groups is 1. The Morgan fingerprint density at radius 1 is 1.26 bits per heavy atom. The van der Waals surface area contributed by atoms with E-state index in [-0.39, 0.29) is 24.0 Å². The van der Waals surface area contributed by atoms with Crippen LogP contribution in [-0.2, 0) is 6.42 Å². The predicted octanol–water partition coefficient (Wildman–Crippen LogP) is 3.98. The maximum atomic E-state index is 5.18. The fourth-order valence-corrected chi connectivity index (χ4v) is 2.54. The van der Waals surface area contributed by atoms with Crippen molar-refractivity contribution in [1.82, 2.24) is 15.8 Å². The fraction of sp³-hybridized carbons (Fsp3) is 0.765. The molecule has 0 aromatic carbocycles. The van der Waals surface area contributed by atoms with Gasteiger partial charge in [0.2, 0.25) is 0 Å². The highest BCUT2D eigenvalue weighted by molar-refractivity contribution is 14.0. The molecule has 5 nitrogen and oxygen atoms in total. The Morgan fingerprint density at radius 2 is 2.00 bits per heavy atom. The van der Waals surface area contributed by atoms with Crippen LogP contribution in [0.5, 0.6) is 0 Å². The zero-order valence-corrected chi connectivity index (χ0v) is 17.6. The van der Waals surface area contributed by atoms with Crippen LogP contribution in [-0.4, -0.2) is 30.8 Å². The minimum absolute atomic E-state index is 0. The van der Waals surface area contributed by atoms with E-state index in [0.717, 1.165) is 30.4 Å². The number of aliphatic imine (C=N–C) groups is 1. The summed E-state index contributed by atoms with van der Waals surface area (Å²) in [7, 11) is 1.81.